The van der Waals surface area contributed by atoms with Crippen LogP contribution >= 0.6 is 15.9 Å². The number of alkyl halides is 1. The van der Waals surface area contributed by atoms with E-state index in [1.807, 2.05) is 0 Å². The molecule has 0 N–H and O–H groups in total. The quantitative estimate of drug-likeness (QED) is 0.523. The Balaban J connectivity index is 1.60. The van der Waals surface area contributed by atoms with Crippen molar-refractivity contribution in [2.45, 2.75) is 24.9 Å². The minimum absolute atomic E-state index is 0.0933. The van der Waals surface area contributed by atoms with E-state index in [-0.39, 0.29) is 18.0 Å². The first-order valence-electron chi connectivity index (χ1n) is 8.36. The number of nitrogens with zero attached hydrogens (tertiary/aromatic N) is 1. The molecule has 0 bridgehead atoms. The number of ether oxygens (including phenoxy) is 1. The number of halogens is 2. The van der Waals surface area contributed by atoms with Crippen LogP contribution in [0.2, 0.25) is 0 Å². The molecule has 2 aromatic carbocycles. The van der Waals surface area contributed by atoms with Crippen LogP contribution in [0.1, 0.15) is 16.7 Å². The summed E-state index contributed by atoms with van der Waals surface area (Å²) in [6.45, 7) is 0.691. The van der Waals surface area contributed by atoms with Gasteiger partial charge in [0.05, 0.1) is 0 Å². The van der Waals surface area contributed by atoms with Crippen LogP contribution < -0.4 is 10.3 Å². The maximum Gasteiger partial charge on any atom is 0.254 e. The van der Waals surface area contributed by atoms with Crippen LogP contribution in [0.25, 0.3) is 0 Å². The molecule has 1 heterocycles. The van der Waals surface area contributed by atoms with E-state index in [1.165, 1.54) is 23.3 Å². The third kappa shape index (κ3) is 4.82. The molecular formula is C21H19BrFNO2. The van der Waals surface area contributed by atoms with Gasteiger partial charge in [-0.25, -0.2) is 4.39 Å². The molecule has 0 spiro atoms. The first-order valence-corrected chi connectivity index (χ1v) is 9.48. The smallest absolute Gasteiger partial charge is 0.254 e. The number of benzene rings is 2. The lowest BCUT2D eigenvalue weighted by Gasteiger charge is -2.10. The molecule has 134 valence electrons. The highest BCUT2D eigenvalue weighted by Crippen LogP contribution is 2.13. The van der Waals surface area contributed by atoms with Crippen LogP contribution in [0.4, 0.5) is 4.39 Å². The van der Waals surface area contributed by atoms with Gasteiger partial charge in [-0.1, -0.05) is 58.4 Å². The van der Waals surface area contributed by atoms with Crippen molar-refractivity contribution < 1.29 is 9.13 Å². The lowest BCUT2D eigenvalue weighted by molar-refractivity contribution is 0.298. The molecule has 26 heavy (non-hydrogen) atoms. The highest BCUT2D eigenvalue weighted by molar-refractivity contribution is 9.08. The van der Waals surface area contributed by atoms with Crippen molar-refractivity contribution in [3.05, 3.63) is 99.7 Å². The molecule has 0 atom stereocenters. The van der Waals surface area contributed by atoms with Gasteiger partial charge in [0.1, 0.15) is 18.2 Å². The Morgan fingerprint density at radius 3 is 2.42 bits per heavy atom. The second kappa shape index (κ2) is 8.81. The summed E-state index contributed by atoms with van der Waals surface area (Å²) in [5.41, 5.74) is 2.74. The molecule has 3 nitrogen and oxygen atoms in total. The minimum atomic E-state index is -0.313. The monoisotopic (exact) mass is 415 g/mol. The standard InChI is InChI=1S/C21H19BrFNO2/c22-14-17-7-5-16(6-8-17)9-11-24-12-10-19(13-21(24)25)26-15-18-3-1-2-4-20(18)23/h1-8,10,12-13H,9,11,14-15H2. The lowest BCUT2D eigenvalue weighted by Crippen LogP contribution is -2.19. The van der Waals surface area contributed by atoms with E-state index in [1.54, 1.807) is 35.0 Å². The first-order chi connectivity index (χ1) is 12.7. The van der Waals surface area contributed by atoms with Gasteiger partial charge in [0.15, 0.2) is 0 Å². The predicted octanol–water partition coefficient (Wildman–Crippen LogP) is 4.70. The molecule has 0 amide bonds. The van der Waals surface area contributed by atoms with Crippen LogP contribution in [-0.4, -0.2) is 4.57 Å². The van der Waals surface area contributed by atoms with Gasteiger partial charge in [-0.05, 0) is 29.7 Å². The molecule has 1 aromatic heterocycles. The minimum Gasteiger partial charge on any atom is -0.489 e. The Kier molecular flexibility index (Phi) is 6.23. The van der Waals surface area contributed by atoms with Crippen LogP contribution in [0.5, 0.6) is 5.75 Å². The largest absolute Gasteiger partial charge is 0.489 e. The van der Waals surface area contributed by atoms with Crippen LogP contribution in [-0.2, 0) is 24.9 Å². The van der Waals surface area contributed by atoms with Crippen molar-refractivity contribution in [2.24, 2.45) is 0 Å². The SMILES string of the molecule is O=c1cc(OCc2ccccc2F)ccn1CCc1ccc(CBr)cc1. The lowest BCUT2D eigenvalue weighted by atomic mass is 10.1. The topological polar surface area (TPSA) is 31.2 Å². The van der Waals surface area contributed by atoms with E-state index >= 15 is 0 Å². The molecule has 0 radical (unpaired) electrons. The van der Waals surface area contributed by atoms with Crippen LogP contribution in [0.15, 0.2) is 71.7 Å². The predicted molar refractivity (Wildman–Crippen MR) is 104 cm³/mol. The van der Waals surface area contributed by atoms with E-state index < -0.39 is 0 Å². The maximum atomic E-state index is 13.6. The summed E-state index contributed by atoms with van der Waals surface area (Å²) in [5.74, 6) is 0.128. The van der Waals surface area contributed by atoms with Crippen molar-refractivity contribution in [1.29, 1.82) is 0 Å². The van der Waals surface area contributed by atoms with Gasteiger partial charge in [-0.2, -0.15) is 0 Å². The molecule has 0 unspecified atom stereocenters. The molecule has 0 aliphatic carbocycles. The summed E-state index contributed by atoms with van der Waals surface area (Å²) in [6.07, 6.45) is 2.49. The second-order valence-corrected chi connectivity index (χ2v) is 6.54. The highest BCUT2D eigenvalue weighted by Gasteiger charge is 2.04. The zero-order valence-electron chi connectivity index (χ0n) is 14.2. The molecule has 0 saturated heterocycles. The Morgan fingerprint density at radius 2 is 1.73 bits per heavy atom. The maximum absolute atomic E-state index is 13.6. The number of aromatic nitrogens is 1. The average Bonchev–Trinajstić information content (AvgIpc) is 2.67. The fraction of sp³-hybridized carbons (Fsp3) is 0.190. The third-order valence-corrected chi connectivity index (χ3v) is 4.79. The molecule has 0 aliphatic heterocycles. The highest BCUT2D eigenvalue weighted by atomic mass is 79.9. The molecule has 0 saturated carbocycles. The number of rotatable bonds is 7. The van der Waals surface area contributed by atoms with Crippen molar-refractivity contribution in [2.75, 3.05) is 0 Å². The number of aryl methyl sites for hydroxylation is 2. The summed E-state index contributed by atoms with van der Waals surface area (Å²) in [7, 11) is 0. The molecule has 3 rings (SSSR count). The van der Waals surface area contributed by atoms with Gasteiger partial charge >= 0.3 is 0 Å². The van der Waals surface area contributed by atoms with Crippen LogP contribution in [0.3, 0.4) is 0 Å². The van der Waals surface area contributed by atoms with Gasteiger partial charge < -0.3 is 9.30 Å². The van der Waals surface area contributed by atoms with Gasteiger partial charge in [-0.15, -0.1) is 0 Å². The molecular weight excluding hydrogens is 397 g/mol. The van der Waals surface area contributed by atoms with E-state index in [4.69, 9.17) is 4.74 Å². The van der Waals surface area contributed by atoms with E-state index in [2.05, 4.69) is 40.2 Å². The van der Waals surface area contributed by atoms with Gasteiger partial charge in [0, 0.05) is 29.7 Å². The molecule has 5 heteroatoms. The van der Waals surface area contributed by atoms with Crippen LogP contribution in [0, 0.1) is 5.82 Å². The summed E-state index contributed by atoms with van der Waals surface area (Å²) in [6, 6.07) is 17.9. The first kappa shape index (κ1) is 18.4. The zero-order chi connectivity index (χ0) is 18.4. The fourth-order valence-corrected chi connectivity index (χ4v) is 2.96. The Bertz CT molecular complexity index is 922. The summed E-state index contributed by atoms with van der Waals surface area (Å²) >= 11 is 3.43. The molecule has 0 fully saturated rings. The summed E-state index contributed by atoms with van der Waals surface area (Å²) in [4.78, 5) is 12.2. The van der Waals surface area contributed by atoms with Gasteiger partial charge in [0.2, 0.25) is 0 Å². The molecule has 3 aromatic rings. The Morgan fingerprint density at radius 1 is 1.00 bits per heavy atom. The normalized spacial score (nSPS) is 10.7. The van der Waals surface area contributed by atoms with E-state index in [9.17, 15) is 9.18 Å². The van der Waals surface area contributed by atoms with E-state index in [0.29, 0.717) is 17.9 Å². The average molecular weight is 416 g/mol. The molecule has 0 aliphatic rings. The Hall–Kier alpha value is -2.40. The van der Waals surface area contributed by atoms with Gasteiger partial charge in [0.25, 0.3) is 5.56 Å². The second-order valence-electron chi connectivity index (χ2n) is 5.97. The summed E-state index contributed by atoms with van der Waals surface area (Å²) < 4.78 is 20.8. The van der Waals surface area contributed by atoms with Gasteiger partial charge in [-0.3, -0.25) is 4.79 Å². The van der Waals surface area contributed by atoms with E-state index in [0.717, 1.165) is 11.8 Å². The number of pyridine rings is 1. The third-order valence-electron chi connectivity index (χ3n) is 4.14. The Labute approximate surface area is 160 Å². The number of hydrogen-bond acceptors (Lipinski definition) is 2. The summed E-state index contributed by atoms with van der Waals surface area (Å²) in [5, 5.41) is 0.834. The fourth-order valence-electron chi connectivity index (χ4n) is 2.59. The van der Waals surface area contributed by atoms with Crippen molar-refractivity contribution in [1.82, 2.24) is 4.57 Å². The van der Waals surface area contributed by atoms with Crippen molar-refractivity contribution in [3.8, 4) is 5.75 Å². The zero-order valence-corrected chi connectivity index (χ0v) is 15.8. The van der Waals surface area contributed by atoms with Crippen molar-refractivity contribution in [3.63, 3.8) is 0 Å². The number of hydrogen-bond donors (Lipinski definition) is 0. The van der Waals surface area contributed by atoms with Crippen molar-refractivity contribution >= 4 is 15.9 Å².